The molecule has 0 aromatic heterocycles. The molecule has 2 aliphatic heterocycles. The lowest BCUT2D eigenvalue weighted by Gasteiger charge is -2.23. The fourth-order valence-electron chi connectivity index (χ4n) is 1.36. The number of ether oxygens (including phenoxy) is 1. The maximum Gasteiger partial charge on any atom is 0.153 e. The van der Waals surface area contributed by atoms with Crippen LogP contribution in [0.15, 0.2) is 36.3 Å². The molecular formula is C10H14N2O2. The number of nitrogens with zero attached hydrogens (tertiary/aromatic N) is 2. The van der Waals surface area contributed by atoms with Crippen molar-refractivity contribution in [3.8, 4) is 0 Å². The molecule has 2 aliphatic rings. The molecule has 1 atom stereocenters. The van der Waals surface area contributed by atoms with Gasteiger partial charge in [-0.25, -0.2) is 10.1 Å². The van der Waals surface area contributed by atoms with E-state index in [2.05, 4.69) is 0 Å². The Labute approximate surface area is 83.6 Å². The van der Waals surface area contributed by atoms with Gasteiger partial charge in [-0.3, -0.25) is 0 Å². The molecule has 1 unspecified atom stereocenters. The third-order valence-corrected chi connectivity index (χ3v) is 2.06. The molecule has 0 saturated carbocycles. The van der Waals surface area contributed by atoms with Crippen molar-refractivity contribution >= 4 is 0 Å². The fourth-order valence-corrected chi connectivity index (χ4v) is 1.36. The van der Waals surface area contributed by atoms with Gasteiger partial charge in [0.1, 0.15) is 0 Å². The zero-order chi connectivity index (χ0) is 9.97. The first-order valence-corrected chi connectivity index (χ1v) is 4.75. The Morgan fingerprint density at radius 1 is 1.50 bits per heavy atom. The van der Waals surface area contributed by atoms with Crippen LogP contribution < -0.4 is 0 Å². The van der Waals surface area contributed by atoms with Crippen LogP contribution in [0.25, 0.3) is 0 Å². The van der Waals surface area contributed by atoms with Crippen LogP contribution in [-0.4, -0.2) is 23.0 Å². The molecule has 0 N–H and O–H groups in total. The highest BCUT2D eigenvalue weighted by Crippen LogP contribution is 2.23. The topological polar surface area (TPSA) is 24.9 Å². The second-order valence-corrected chi connectivity index (χ2v) is 3.08. The lowest BCUT2D eigenvalue weighted by atomic mass is 10.3. The summed E-state index contributed by atoms with van der Waals surface area (Å²) in [6.45, 7) is 4.59. The largest absolute Gasteiger partial charge is 0.357 e. The molecule has 0 fully saturated rings. The quantitative estimate of drug-likeness (QED) is 0.683. The van der Waals surface area contributed by atoms with Crippen molar-refractivity contribution in [1.82, 2.24) is 10.1 Å². The van der Waals surface area contributed by atoms with Crippen LogP contribution in [0.1, 0.15) is 13.8 Å². The van der Waals surface area contributed by atoms with Crippen LogP contribution in [0.5, 0.6) is 0 Å². The molecule has 0 aromatic rings. The molecule has 0 saturated heterocycles. The number of hydroxylamine groups is 4. The highest BCUT2D eigenvalue weighted by Gasteiger charge is 2.24. The Hall–Kier alpha value is -1.26. The van der Waals surface area contributed by atoms with Crippen molar-refractivity contribution in [2.24, 2.45) is 0 Å². The van der Waals surface area contributed by atoms with E-state index in [1.165, 1.54) is 0 Å². The van der Waals surface area contributed by atoms with Crippen molar-refractivity contribution in [2.45, 2.75) is 20.1 Å². The molecule has 4 heteroatoms. The van der Waals surface area contributed by atoms with Crippen molar-refractivity contribution in [3.63, 3.8) is 0 Å². The van der Waals surface area contributed by atoms with Crippen molar-refractivity contribution in [2.75, 3.05) is 6.61 Å². The molecule has 0 aliphatic carbocycles. The van der Waals surface area contributed by atoms with Gasteiger partial charge in [0.25, 0.3) is 0 Å². The van der Waals surface area contributed by atoms with Gasteiger partial charge in [-0.15, -0.1) is 4.94 Å². The third-order valence-electron chi connectivity index (χ3n) is 2.06. The van der Waals surface area contributed by atoms with Gasteiger partial charge in [-0.2, -0.15) is 0 Å². The Bertz CT molecular complexity index is 296. The van der Waals surface area contributed by atoms with Gasteiger partial charge < -0.3 is 4.74 Å². The summed E-state index contributed by atoms with van der Waals surface area (Å²) in [6, 6.07) is 0. The van der Waals surface area contributed by atoms with Gasteiger partial charge in [-0.05, 0) is 26.0 Å². The Morgan fingerprint density at radius 3 is 3.07 bits per heavy atom. The second kappa shape index (κ2) is 3.86. The summed E-state index contributed by atoms with van der Waals surface area (Å²) in [5.41, 5.74) is 1.01. The molecule has 14 heavy (non-hydrogen) atoms. The number of rotatable bonds is 3. The fraction of sp³-hybridized carbons (Fsp3) is 0.400. The summed E-state index contributed by atoms with van der Waals surface area (Å²) in [4.78, 5) is 5.49. The molecule has 0 aromatic carbocycles. The first-order valence-electron chi connectivity index (χ1n) is 4.75. The van der Waals surface area contributed by atoms with Crippen molar-refractivity contribution in [1.29, 1.82) is 0 Å². The lowest BCUT2D eigenvalue weighted by molar-refractivity contribution is -0.293. The molecule has 4 nitrogen and oxygen atoms in total. The van der Waals surface area contributed by atoms with E-state index < -0.39 is 0 Å². The van der Waals surface area contributed by atoms with Gasteiger partial charge >= 0.3 is 0 Å². The summed E-state index contributed by atoms with van der Waals surface area (Å²) in [5.74, 6) is 0. The maximum atomic E-state index is 5.49. The molecule has 2 heterocycles. The highest BCUT2D eigenvalue weighted by atomic mass is 16.9. The predicted octanol–water partition coefficient (Wildman–Crippen LogP) is 1.76. The molecule has 0 spiro atoms. The van der Waals surface area contributed by atoms with Crippen LogP contribution in [0.2, 0.25) is 0 Å². The van der Waals surface area contributed by atoms with Crippen LogP contribution in [-0.2, 0) is 9.68 Å². The number of hydrogen-bond acceptors (Lipinski definition) is 4. The average Bonchev–Trinajstić information content (AvgIpc) is 2.61. The number of fused-ring (bicyclic) bond motifs is 1. The minimum atomic E-state index is -0.0695. The van der Waals surface area contributed by atoms with E-state index in [9.17, 15) is 0 Å². The molecule has 0 radical (unpaired) electrons. The van der Waals surface area contributed by atoms with E-state index in [1.54, 1.807) is 10.1 Å². The molecule has 2 rings (SSSR count). The van der Waals surface area contributed by atoms with E-state index in [-0.39, 0.29) is 6.23 Å². The zero-order valence-electron chi connectivity index (χ0n) is 8.38. The Kier molecular flexibility index (Phi) is 2.56. The molecule has 0 bridgehead atoms. The maximum absolute atomic E-state index is 5.49. The smallest absolute Gasteiger partial charge is 0.153 e. The van der Waals surface area contributed by atoms with Crippen LogP contribution >= 0.6 is 0 Å². The van der Waals surface area contributed by atoms with E-state index in [4.69, 9.17) is 9.68 Å². The summed E-state index contributed by atoms with van der Waals surface area (Å²) in [7, 11) is 0. The van der Waals surface area contributed by atoms with Crippen LogP contribution in [0, 0.1) is 0 Å². The van der Waals surface area contributed by atoms with Gasteiger partial charge in [-0.1, -0.05) is 6.08 Å². The first-order chi connectivity index (χ1) is 6.81. The van der Waals surface area contributed by atoms with Crippen molar-refractivity contribution in [3.05, 3.63) is 36.3 Å². The van der Waals surface area contributed by atoms with Gasteiger partial charge in [0.05, 0.1) is 11.9 Å². The standard InChI is InChI=1S/C10H14N2O2/c1-3-13-9(2)12-8-10-6-4-5-7-11(10)14-12/h4-9H,3H2,1-2H3. The van der Waals surface area contributed by atoms with Crippen molar-refractivity contribution < 1.29 is 9.68 Å². The molecular weight excluding hydrogens is 180 g/mol. The minimum absolute atomic E-state index is 0.0695. The first kappa shape index (κ1) is 9.30. The summed E-state index contributed by atoms with van der Waals surface area (Å²) in [6.07, 6.45) is 9.59. The Morgan fingerprint density at radius 2 is 2.36 bits per heavy atom. The summed E-state index contributed by atoms with van der Waals surface area (Å²) < 4.78 is 5.41. The molecule has 0 amide bonds. The average molecular weight is 194 g/mol. The SMILES string of the molecule is CCOC(C)N1C=C2C=CC=CN2O1. The van der Waals surface area contributed by atoms with Crippen LogP contribution in [0.4, 0.5) is 0 Å². The normalized spacial score (nSPS) is 21.1. The lowest BCUT2D eigenvalue weighted by Crippen LogP contribution is -2.30. The zero-order valence-corrected chi connectivity index (χ0v) is 8.38. The minimum Gasteiger partial charge on any atom is -0.357 e. The number of hydrogen-bond donors (Lipinski definition) is 0. The van der Waals surface area contributed by atoms with Gasteiger partial charge in [0, 0.05) is 12.8 Å². The Balaban J connectivity index is 2.03. The summed E-state index contributed by atoms with van der Waals surface area (Å²) >= 11 is 0. The second-order valence-electron chi connectivity index (χ2n) is 3.08. The predicted molar refractivity (Wildman–Crippen MR) is 52.2 cm³/mol. The highest BCUT2D eigenvalue weighted by molar-refractivity contribution is 5.27. The van der Waals surface area contributed by atoms with E-state index in [0.717, 1.165) is 5.70 Å². The molecule has 76 valence electrons. The number of allylic oxidation sites excluding steroid dienone is 3. The monoisotopic (exact) mass is 194 g/mol. The van der Waals surface area contributed by atoms with Crippen LogP contribution in [0.3, 0.4) is 0 Å². The van der Waals surface area contributed by atoms with Gasteiger partial charge in [0.15, 0.2) is 6.23 Å². The third kappa shape index (κ3) is 1.66. The summed E-state index contributed by atoms with van der Waals surface area (Å²) in [5, 5.41) is 3.40. The van der Waals surface area contributed by atoms with Gasteiger partial charge in [0.2, 0.25) is 0 Å². The van der Waals surface area contributed by atoms with E-state index >= 15 is 0 Å². The van der Waals surface area contributed by atoms with E-state index in [1.807, 2.05) is 44.5 Å². The van der Waals surface area contributed by atoms with E-state index in [0.29, 0.717) is 6.61 Å².